The third-order valence-corrected chi connectivity index (χ3v) is 4.65. The molecule has 0 saturated carbocycles. The van der Waals surface area contributed by atoms with E-state index < -0.39 is 17.8 Å². The van der Waals surface area contributed by atoms with E-state index in [0.717, 1.165) is 0 Å². The van der Waals surface area contributed by atoms with Gasteiger partial charge < -0.3 is 10.1 Å². The number of aromatic nitrogens is 1. The van der Waals surface area contributed by atoms with Crippen molar-refractivity contribution in [3.8, 4) is 0 Å². The number of rotatable bonds is 4. The zero-order chi connectivity index (χ0) is 19.6. The minimum atomic E-state index is -0.858. The molecule has 1 atom stereocenters. The SMILES string of the molecule is CCOC(=O)C1=C(C)NC(c2ncccc2F)=NC1c1c(Cl)cccc1Cl. The Bertz CT molecular complexity index is 939. The Morgan fingerprint density at radius 2 is 1.96 bits per heavy atom. The predicted octanol–water partition coefficient (Wildman–Crippen LogP) is 4.46. The molecule has 2 heterocycles. The van der Waals surface area contributed by atoms with Crippen LogP contribution in [0.25, 0.3) is 0 Å². The summed E-state index contributed by atoms with van der Waals surface area (Å²) in [4.78, 5) is 21.1. The molecule has 0 bridgehead atoms. The Labute approximate surface area is 165 Å². The minimum Gasteiger partial charge on any atom is -0.463 e. The fourth-order valence-electron chi connectivity index (χ4n) is 2.81. The van der Waals surface area contributed by atoms with Gasteiger partial charge in [-0.05, 0) is 38.1 Å². The van der Waals surface area contributed by atoms with Crippen LogP contribution in [0.5, 0.6) is 0 Å². The lowest BCUT2D eigenvalue weighted by Crippen LogP contribution is -2.34. The maximum atomic E-state index is 14.2. The lowest BCUT2D eigenvalue weighted by molar-refractivity contribution is -0.138. The molecule has 0 spiro atoms. The molecule has 1 aromatic heterocycles. The molecule has 0 saturated heterocycles. The van der Waals surface area contributed by atoms with E-state index in [9.17, 15) is 9.18 Å². The molecule has 27 heavy (non-hydrogen) atoms. The van der Waals surface area contributed by atoms with Gasteiger partial charge in [-0.3, -0.25) is 4.99 Å². The van der Waals surface area contributed by atoms with Gasteiger partial charge in [-0.1, -0.05) is 29.3 Å². The van der Waals surface area contributed by atoms with Gasteiger partial charge in [-0.25, -0.2) is 14.2 Å². The summed E-state index contributed by atoms with van der Waals surface area (Å²) >= 11 is 12.7. The smallest absolute Gasteiger partial charge is 0.338 e. The number of pyridine rings is 1. The number of amidine groups is 1. The molecule has 1 aliphatic heterocycles. The van der Waals surface area contributed by atoms with Crippen LogP contribution < -0.4 is 5.32 Å². The van der Waals surface area contributed by atoms with Crippen LogP contribution in [0.4, 0.5) is 4.39 Å². The molecule has 0 aliphatic carbocycles. The number of ether oxygens (including phenoxy) is 1. The highest BCUT2D eigenvalue weighted by Crippen LogP contribution is 2.39. The first-order chi connectivity index (χ1) is 12.9. The van der Waals surface area contributed by atoms with Crippen LogP contribution in [0.3, 0.4) is 0 Å². The molecule has 0 radical (unpaired) electrons. The van der Waals surface area contributed by atoms with Crippen LogP contribution in [0.1, 0.15) is 31.1 Å². The van der Waals surface area contributed by atoms with Crippen molar-refractivity contribution in [3.05, 3.63) is 74.9 Å². The Hall–Kier alpha value is -2.44. The van der Waals surface area contributed by atoms with Gasteiger partial charge in [0.1, 0.15) is 11.7 Å². The third kappa shape index (κ3) is 3.82. The summed E-state index contributed by atoms with van der Waals surface area (Å²) in [5.74, 6) is -0.910. The normalized spacial score (nSPS) is 16.6. The second kappa shape index (κ2) is 8.06. The van der Waals surface area contributed by atoms with Gasteiger partial charge in [0.2, 0.25) is 0 Å². The monoisotopic (exact) mass is 407 g/mol. The molecule has 1 N–H and O–H groups in total. The van der Waals surface area contributed by atoms with Crippen molar-refractivity contribution in [1.29, 1.82) is 0 Å². The fraction of sp³-hybridized carbons (Fsp3) is 0.211. The van der Waals surface area contributed by atoms with Crippen molar-refractivity contribution in [2.45, 2.75) is 19.9 Å². The van der Waals surface area contributed by atoms with Crippen molar-refractivity contribution in [3.63, 3.8) is 0 Å². The lowest BCUT2D eigenvalue weighted by Gasteiger charge is -2.27. The highest BCUT2D eigenvalue weighted by atomic mass is 35.5. The summed E-state index contributed by atoms with van der Waals surface area (Å²) in [6.07, 6.45) is 1.46. The molecule has 0 amide bonds. The standard InChI is InChI=1S/C19H16Cl2FN3O2/c1-3-27-19(26)14-10(2)24-18(16-13(22)8-5-9-23-16)25-17(14)15-11(20)6-4-7-12(15)21/h4-9,17H,3H2,1-2H3,(H,24,25). The quantitative estimate of drug-likeness (QED) is 0.760. The second-order valence-electron chi connectivity index (χ2n) is 5.73. The Morgan fingerprint density at radius 1 is 1.26 bits per heavy atom. The van der Waals surface area contributed by atoms with Crippen LogP contribution in [-0.4, -0.2) is 23.4 Å². The number of aliphatic imine (C=N–C) groups is 1. The van der Waals surface area contributed by atoms with Crippen molar-refractivity contribution in [2.24, 2.45) is 4.99 Å². The number of halogens is 3. The number of allylic oxidation sites excluding steroid dienone is 1. The molecule has 140 valence electrons. The van der Waals surface area contributed by atoms with Crippen molar-refractivity contribution in [2.75, 3.05) is 6.61 Å². The number of hydrogen-bond acceptors (Lipinski definition) is 5. The first-order valence-corrected chi connectivity index (χ1v) is 8.97. The van der Waals surface area contributed by atoms with E-state index >= 15 is 0 Å². The molecular formula is C19H16Cl2FN3O2. The lowest BCUT2D eigenvalue weighted by atomic mass is 9.95. The molecule has 5 nitrogen and oxygen atoms in total. The molecule has 1 aromatic carbocycles. The Balaban J connectivity index is 2.19. The molecule has 1 unspecified atom stereocenters. The van der Waals surface area contributed by atoms with E-state index in [1.54, 1.807) is 32.0 Å². The largest absolute Gasteiger partial charge is 0.463 e. The molecule has 2 aromatic rings. The van der Waals surface area contributed by atoms with Gasteiger partial charge in [0.25, 0.3) is 0 Å². The Kier molecular flexibility index (Phi) is 5.77. The van der Waals surface area contributed by atoms with E-state index in [0.29, 0.717) is 21.3 Å². The van der Waals surface area contributed by atoms with E-state index in [4.69, 9.17) is 27.9 Å². The summed E-state index contributed by atoms with van der Waals surface area (Å²) in [5.41, 5.74) is 1.20. The predicted molar refractivity (Wildman–Crippen MR) is 102 cm³/mol. The van der Waals surface area contributed by atoms with E-state index in [2.05, 4.69) is 15.3 Å². The maximum absolute atomic E-state index is 14.2. The molecule has 3 rings (SSSR count). The van der Waals surface area contributed by atoms with E-state index in [-0.39, 0.29) is 23.7 Å². The van der Waals surface area contributed by atoms with E-state index in [1.807, 2.05) is 0 Å². The average molecular weight is 408 g/mol. The average Bonchev–Trinajstić information content (AvgIpc) is 2.61. The van der Waals surface area contributed by atoms with Gasteiger partial charge in [-0.2, -0.15) is 0 Å². The number of hydrogen-bond donors (Lipinski definition) is 1. The highest BCUT2D eigenvalue weighted by molar-refractivity contribution is 6.36. The summed E-state index contributed by atoms with van der Waals surface area (Å²) in [7, 11) is 0. The van der Waals surface area contributed by atoms with Gasteiger partial charge in [-0.15, -0.1) is 0 Å². The second-order valence-corrected chi connectivity index (χ2v) is 6.55. The van der Waals surface area contributed by atoms with Crippen molar-refractivity contribution >= 4 is 35.0 Å². The first kappa shape index (κ1) is 19.3. The van der Waals surface area contributed by atoms with Crippen LogP contribution in [0.15, 0.2) is 52.8 Å². The molecular weight excluding hydrogens is 392 g/mol. The van der Waals surface area contributed by atoms with Gasteiger partial charge >= 0.3 is 5.97 Å². The summed E-state index contributed by atoms with van der Waals surface area (Å²) < 4.78 is 19.4. The van der Waals surface area contributed by atoms with Crippen LogP contribution in [0.2, 0.25) is 10.0 Å². The minimum absolute atomic E-state index is 0.0351. The van der Waals surface area contributed by atoms with Crippen molar-refractivity contribution in [1.82, 2.24) is 10.3 Å². The van der Waals surface area contributed by atoms with Gasteiger partial charge in [0.15, 0.2) is 11.7 Å². The first-order valence-electron chi connectivity index (χ1n) is 8.21. The number of nitrogens with one attached hydrogen (secondary N) is 1. The molecule has 8 heteroatoms. The molecule has 0 fully saturated rings. The summed E-state index contributed by atoms with van der Waals surface area (Å²) in [6, 6.07) is 6.90. The highest BCUT2D eigenvalue weighted by Gasteiger charge is 2.33. The zero-order valence-electron chi connectivity index (χ0n) is 14.6. The van der Waals surface area contributed by atoms with Crippen LogP contribution in [0, 0.1) is 5.82 Å². The topological polar surface area (TPSA) is 63.6 Å². The number of esters is 1. The summed E-state index contributed by atoms with van der Waals surface area (Å²) in [5, 5.41) is 3.62. The summed E-state index contributed by atoms with van der Waals surface area (Å²) in [6.45, 7) is 3.59. The van der Waals surface area contributed by atoms with Gasteiger partial charge in [0, 0.05) is 27.5 Å². The number of carbonyl (C=O) groups is 1. The molecule has 1 aliphatic rings. The number of nitrogens with zero attached hydrogens (tertiary/aromatic N) is 2. The van der Waals surface area contributed by atoms with E-state index in [1.165, 1.54) is 18.3 Å². The number of benzene rings is 1. The maximum Gasteiger partial charge on any atom is 0.338 e. The Morgan fingerprint density at radius 3 is 2.59 bits per heavy atom. The number of carbonyl (C=O) groups excluding carboxylic acids is 1. The third-order valence-electron chi connectivity index (χ3n) is 3.99. The zero-order valence-corrected chi connectivity index (χ0v) is 16.1. The van der Waals surface area contributed by atoms with Gasteiger partial charge in [0.05, 0.1) is 12.2 Å². The van der Waals surface area contributed by atoms with Crippen LogP contribution >= 0.6 is 23.2 Å². The fourth-order valence-corrected chi connectivity index (χ4v) is 3.41. The van der Waals surface area contributed by atoms with Crippen LogP contribution in [-0.2, 0) is 9.53 Å². The van der Waals surface area contributed by atoms with Crippen molar-refractivity contribution < 1.29 is 13.9 Å².